The Bertz CT molecular complexity index is 452. The lowest BCUT2D eigenvalue weighted by atomic mass is 9.84. The number of benzene rings is 1. The molecule has 116 valence electrons. The Kier molecular flexibility index (Phi) is 6.24. The second kappa shape index (κ2) is 8.18. The maximum absolute atomic E-state index is 12.6. The number of hydrogen-bond donors (Lipinski definition) is 2. The van der Waals surface area contributed by atoms with Gasteiger partial charge in [0, 0.05) is 11.6 Å². The van der Waals surface area contributed by atoms with E-state index in [1.54, 1.807) is 0 Å². The SMILES string of the molecule is CNCCc1ccccc1C(=O)N[C@H](C)C1CCCCC1. The minimum Gasteiger partial charge on any atom is -0.349 e. The van der Waals surface area contributed by atoms with Gasteiger partial charge in [-0.15, -0.1) is 0 Å². The van der Waals surface area contributed by atoms with Gasteiger partial charge in [0.15, 0.2) is 0 Å². The molecule has 0 aliphatic heterocycles. The number of amides is 1. The normalized spacial score (nSPS) is 17.4. The van der Waals surface area contributed by atoms with Gasteiger partial charge in [-0.1, -0.05) is 37.5 Å². The van der Waals surface area contributed by atoms with Crippen molar-refractivity contribution in [2.24, 2.45) is 5.92 Å². The van der Waals surface area contributed by atoms with E-state index in [1.807, 2.05) is 25.2 Å². The molecule has 0 spiro atoms. The summed E-state index contributed by atoms with van der Waals surface area (Å²) in [5, 5.41) is 6.37. The van der Waals surface area contributed by atoms with E-state index in [0.717, 1.165) is 24.1 Å². The van der Waals surface area contributed by atoms with Crippen LogP contribution in [0.15, 0.2) is 24.3 Å². The molecule has 1 aliphatic carbocycles. The summed E-state index contributed by atoms with van der Waals surface area (Å²) in [4.78, 5) is 12.6. The molecule has 0 bridgehead atoms. The van der Waals surface area contributed by atoms with Gasteiger partial charge in [-0.2, -0.15) is 0 Å². The minimum atomic E-state index is 0.0831. The molecule has 0 radical (unpaired) electrons. The molecule has 1 aromatic rings. The fourth-order valence-electron chi connectivity index (χ4n) is 3.26. The number of carbonyl (C=O) groups is 1. The highest BCUT2D eigenvalue weighted by molar-refractivity contribution is 5.95. The van der Waals surface area contributed by atoms with E-state index in [2.05, 4.69) is 23.6 Å². The van der Waals surface area contributed by atoms with Crippen LogP contribution in [-0.4, -0.2) is 25.5 Å². The Labute approximate surface area is 128 Å². The van der Waals surface area contributed by atoms with Gasteiger partial charge in [-0.05, 0) is 57.3 Å². The first kappa shape index (κ1) is 16.0. The Morgan fingerprint density at radius 3 is 2.67 bits per heavy atom. The first-order valence-corrected chi connectivity index (χ1v) is 8.25. The highest BCUT2D eigenvalue weighted by atomic mass is 16.1. The monoisotopic (exact) mass is 288 g/mol. The van der Waals surface area contributed by atoms with Gasteiger partial charge in [0.1, 0.15) is 0 Å². The predicted molar refractivity (Wildman–Crippen MR) is 87.6 cm³/mol. The zero-order valence-corrected chi connectivity index (χ0v) is 13.3. The summed E-state index contributed by atoms with van der Waals surface area (Å²) < 4.78 is 0. The third kappa shape index (κ3) is 4.57. The zero-order valence-electron chi connectivity index (χ0n) is 13.3. The Balaban J connectivity index is 1.98. The summed E-state index contributed by atoms with van der Waals surface area (Å²) in [5.74, 6) is 0.729. The first-order chi connectivity index (χ1) is 10.2. The molecule has 21 heavy (non-hydrogen) atoms. The Hall–Kier alpha value is -1.35. The van der Waals surface area contributed by atoms with Crippen molar-refractivity contribution in [1.29, 1.82) is 0 Å². The molecule has 1 aromatic carbocycles. The van der Waals surface area contributed by atoms with Crippen molar-refractivity contribution in [3.63, 3.8) is 0 Å². The van der Waals surface area contributed by atoms with E-state index in [1.165, 1.54) is 32.1 Å². The number of hydrogen-bond acceptors (Lipinski definition) is 2. The van der Waals surface area contributed by atoms with Crippen LogP contribution >= 0.6 is 0 Å². The highest BCUT2D eigenvalue weighted by Gasteiger charge is 2.22. The fraction of sp³-hybridized carbons (Fsp3) is 0.611. The largest absolute Gasteiger partial charge is 0.349 e. The molecule has 0 heterocycles. The molecule has 3 nitrogen and oxygen atoms in total. The van der Waals surface area contributed by atoms with Crippen LogP contribution in [0.3, 0.4) is 0 Å². The van der Waals surface area contributed by atoms with E-state index < -0.39 is 0 Å². The van der Waals surface area contributed by atoms with E-state index in [0.29, 0.717) is 5.92 Å². The lowest BCUT2D eigenvalue weighted by Gasteiger charge is -2.28. The average Bonchev–Trinajstić information content (AvgIpc) is 2.54. The number of carbonyl (C=O) groups excluding carboxylic acids is 1. The van der Waals surface area contributed by atoms with Crippen LogP contribution in [0, 0.1) is 5.92 Å². The standard InChI is InChI=1S/C18H28N2O/c1-14(15-8-4-3-5-9-15)20-18(21)17-11-7-6-10-16(17)12-13-19-2/h6-7,10-11,14-15,19H,3-5,8-9,12-13H2,1-2H3,(H,20,21)/t14-/m1/s1. The summed E-state index contributed by atoms with van der Waals surface area (Å²) in [7, 11) is 1.94. The summed E-state index contributed by atoms with van der Waals surface area (Å²) in [6.45, 7) is 3.05. The topological polar surface area (TPSA) is 41.1 Å². The first-order valence-electron chi connectivity index (χ1n) is 8.25. The molecular formula is C18H28N2O. The van der Waals surface area contributed by atoms with Crippen molar-refractivity contribution in [2.75, 3.05) is 13.6 Å². The molecule has 2 N–H and O–H groups in total. The molecule has 1 amide bonds. The third-order valence-electron chi connectivity index (χ3n) is 4.62. The smallest absolute Gasteiger partial charge is 0.251 e. The maximum atomic E-state index is 12.6. The highest BCUT2D eigenvalue weighted by Crippen LogP contribution is 2.26. The molecule has 1 saturated carbocycles. The molecule has 0 aromatic heterocycles. The zero-order chi connectivity index (χ0) is 15.1. The lowest BCUT2D eigenvalue weighted by molar-refractivity contribution is 0.0918. The molecular weight excluding hydrogens is 260 g/mol. The predicted octanol–water partition coefficient (Wildman–Crippen LogP) is 3.15. The van der Waals surface area contributed by atoms with Crippen LogP contribution in [0.1, 0.15) is 54.9 Å². The van der Waals surface area contributed by atoms with E-state index in [-0.39, 0.29) is 11.9 Å². The molecule has 3 heteroatoms. The second-order valence-corrected chi connectivity index (χ2v) is 6.17. The molecule has 1 fully saturated rings. The van der Waals surface area contributed by atoms with E-state index in [4.69, 9.17) is 0 Å². The van der Waals surface area contributed by atoms with Gasteiger partial charge in [0.2, 0.25) is 0 Å². The van der Waals surface area contributed by atoms with Crippen molar-refractivity contribution in [2.45, 2.75) is 51.5 Å². The van der Waals surface area contributed by atoms with Gasteiger partial charge in [0.05, 0.1) is 0 Å². The van der Waals surface area contributed by atoms with E-state index in [9.17, 15) is 4.79 Å². The number of rotatable bonds is 6. The van der Waals surface area contributed by atoms with Crippen LogP contribution in [0.2, 0.25) is 0 Å². The van der Waals surface area contributed by atoms with Crippen LogP contribution < -0.4 is 10.6 Å². The van der Waals surface area contributed by atoms with Crippen molar-refractivity contribution >= 4 is 5.91 Å². The van der Waals surface area contributed by atoms with Crippen molar-refractivity contribution in [3.05, 3.63) is 35.4 Å². The summed E-state index contributed by atoms with van der Waals surface area (Å²) in [6.07, 6.45) is 7.36. The average molecular weight is 288 g/mol. The Morgan fingerprint density at radius 2 is 1.95 bits per heavy atom. The lowest BCUT2D eigenvalue weighted by Crippen LogP contribution is -2.39. The quantitative estimate of drug-likeness (QED) is 0.844. The summed E-state index contributed by atoms with van der Waals surface area (Å²) in [5.41, 5.74) is 1.95. The van der Waals surface area contributed by atoms with Crippen LogP contribution in [0.4, 0.5) is 0 Å². The van der Waals surface area contributed by atoms with Gasteiger partial charge < -0.3 is 10.6 Å². The fourth-order valence-corrected chi connectivity index (χ4v) is 3.26. The molecule has 2 rings (SSSR count). The molecule has 0 unspecified atom stereocenters. The molecule has 0 saturated heterocycles. The maximum Gasteiger partial charge on any atom is 0.251 e. The third-order valence-corrected chi connectivity index (χ3v) is 4.62. The summed E-state index contributed by atoms with van der Waals surface area (Å²) in [6, 6.07) is 8.22. The van der Waals surface area contributed by atoms with Crippen LogP contribution in [0.5, 0.6) is 0 Å². The van der Waals surface area contributed by atoms with Crippen LogP contribution in [-0.2, 0) is 6.42 Å². The second-order valence-electron chi connectivity index (χ2n) is 6.17. The summed E-state index contributed by atoms with van der Waals surface area (Å²) >= 11 is 0. The molecule has 1 atom stereocenters. The van der Waals surface area contributed by atoms with Crippen LogP contribution in [0.25, 0.3) is 0 Å². The van der Waals surface area contributed by atoms with E-state index >= 15 is 0 Å². The van der Waals surface area contributed by atoms with Crippen molar-refractivity contribution in [3.8, 4) is 0 Å². The van der Waals surface area contributed by atoms with Crippen molar-refractivity contribution < 1.29 is 4.79 Å². The number of likely N-dealkylation sites (N-methyl/N-ethyl adjacent to an activating group) is 1. The van der Waals surface area contributed by atoms with Gasteiger partial charge in [-0.25, -0.2) is 0 Å². The molecule has 1 aliphatic rings. The minimum absolute atomic E-state index is 0.0831. The van der Waals surface area contributed by atoms with Gasteiger partial charge in [-0.3, -0.25) is 4.79 Å². The van der Waals surface area contributed by atoms with Crippen molar-refractivity contribution in [1.82, 2.24) is 10.6 Å². The number of nitrogens with one attached hydrogen (secondary N) is 2. The van der Waals surface area contributed by atoms with Gasteiger partial charge in [0.25, 0.3) is 5.91 Å². The van der Waals surface area contributed by atoms with Gasteiger partial charge >= 0.3 is 0 Å². The Morgan fingerprint density at radius 1 is 1.24 bits per heavy atom.